The Balaban J connectivity index is 1.56. The molecule has 4 saturated carbocycles. The van der Waals surface area contributed by atoms with Gasteiger partial charge >= 0.3 is 0 Å². The molecule has 0 aromatic heterocycles. The van der Waals surface area contributed by atoms with E-state index in [1.165, 1.54) is 0 Å². The van der Waals surface area contributed by atoms with Crippen molar-refractivity contribution in [2.24, 2.45) is 52.3 Å². The van der Waals surface area contributed by atoms with E-state index in [2.05, 4.69) is 34.6 Å². The highest BCUT2D eigenvalue weighted by Crippen LogP contribution is 2.67. The van der Waals surface area contributed by atoms with Crippen molar-refractivity contribution in [1.29, 1.82) is 0 Å². The van der Waals surface area contributed by atoms with Crippen molar-refractivity contribution < 1.29 is 25.2 Å². The Morgan fingerprint density at radius 1 is 1.00 bits per heavy atom. The lowest BCUT2D eigenvalue weighted by molar-refractivity contribution is -0.174. The molecule has 0 aromatic rings. The molecule has 0 saturated heterocycles. The first-order valence-electron chi connectivity index (χ1n) is 13.8. The Bertz CT molecular complexity index is 806. The van der Waals surface area contributed by atoms with Crippen LogP contribution in [0.3, 0.4) is 0 Å². The molecular formula is C29H48O5. The summed E-state index contributed by atoms with van der Waals surface area (Å²) in [5.74, 6) is 1.76. The maximum Gasteiger partial charge on any atom is 0.136 e. The highest BCUT2D eigenvalue weighted by Gasteiger charge is 2.63. The third-order valence-electron chi connectivity index (χ3n) is 11.4. The van der Waals surface area contributed by atoms with Gasteiger partial charge in [-0.3, -0.25) is 4.79 Å². The van der Waals surface area contributed by atoms with Crippen LogP contribution in [-0.4, -0.2) is 50.6 Å². The first-order valence-corrected chi connectivity index (χ1v) is 13.8. The van der Waals surface area contributed by atoms with Gasteiger partial charge in [-0.25, -0.2) is 0 Å². The van der Waals surface area contributed by atoms with Crippen LogP contribution >= 0.6 is 0 Å². The zero-order valence-electron chi connectivity index (χ0n) is 22.1. The second-order valence-electron chi connectivity index (χ2n) is 13.1. The predicted octanol–water partition coefficient (Wildman–Crippen LogP) is 4.12. The molecule has 194 valence electrons. The van der Waals surface area contributed by atoms with Crippen LogP contribution in [0, 0.1) is 52.3 Å². The van der Waals surface area contributed by atoms with Crippen LogP contribution in [0.15, 0.2) is 11.6 Å². The molecular weight excluding hydrogens is 428 g/mol. The second-order valence-corrected chi connectivity index (χ2v) is 13.1. The van der Waals surface area contributed by atoms with Crippen molar-refractivity contribution in [1.82, 2.24) is 0 Å². The Morgan fingerprint density at radius 3 is 2.26 bits per heavy atom. The fraction of sp³-hybridized carbons (Fsp3) is 0.897. The summed E-state index contributed by atoms with van der Waals surface area (Å²) in [6, 6.07) is 0. The normalized spacial score (nSPS) is 47.6. The molecule has 0 amide bonds. The van der Waals surface area contributed by atoms with E-state index >= 15 is 0 Å². The number of allylic oxidation sites excluding steroid dienone is 1. The molecule has 0 spiro atoms. The minimum absolute atomic E-state index is 0.0236. The molecule has 5 nitrogen and oxygen atoms in total. The summed E-state index contributed by atoms with van der Waals surface area (Å²) >= 11 is 0. The summed E-state index contributed by atoms with van der Waals surface area (Å²) in [6.45, 7) is 12.7. The van der Waals surface area contributed by atoms with E-state index in [1.54, 1.807) is 0 Å². The fourth-order valence-electron chi connectivity index (χ4n) is 9.54. The molecule has 4 aliphatic carbocycles. The van der Waals surface area contributed by atoms with E-state index in [-0.39, 0.29) is 34.4 Å². The Hall–Kier alpha value is -0.750. The Kier molecular flexibility index (Phi) is 7.18. The van der Waals surface area contributed by atoms with Crippen molar-refractivity contribution >= 4 is 5.78 Å². The van der Waals surface area contributed by atoms with Crippen molar-refractivity contribution in [3.05, 3.63) is 11.6 Å². The molecule has 4 fully saturated rings. The third-order valence-corrected chi connectivity index (χ3v) is 11.4. The van der Waals surface area contributed by atoms with Crippen molar-refractivity contribution in [2.45, 2.75) is 111 Å². The van der Waals surface area contributed by atoms with Crippen LogP contribution in [0.4, 0.5) is 0 Å². The van der Waals surface area contributed by atoms with Gasteiger partial charge in [0.25, 0.3) is 0 Å². The van der Waals surface area contributed by atoms with Gasteiger partial charge in [-0.1, -0.05) is 40.7 Å². The molecule has 4 aliphatic rings. The lowest BCUT2D eigenvalue weighted by Gasteiger charge is -2.61. The van der Waals surface area contributed by atoms with Gasteiger partial charge in [-0.05, 0) is 97.4 Å². The maximum atomic E-state index is 13.3. The highest BCUT2D eigenvalue weighted by molar-refractivity contribution is 5.83. The van der Waals surface area contributed by atoms with Gasteiger partial charge < -0.3 is 20.4 Å². The maximum absolute atomic E-state index is 13.3. The quantitative estimate of drug-likeness (QED) is 0.448. The molecule has 0 heterocycles. The molecule has 4 N–H and O–H groups in total. The van der Waals surface area contributed by atoms with E-state index in [4.69, 9.17) is 0 Å². The third kappa shape index (κ3) is 3.93. The van der Waals surface area contributed by atoms with E-state index < -0.39 is 24.4 Å². The fourth-order valence-corrected chi connectivity index (χ4v) is 9.54. The number of rotatable bonds is 5. The Labute approximate surface area is 206 Å². The molecule has 0 bridgehead atoms. The van der Waals surface area contributed by atoms with E-state index in [1.807, 2.05) is 13.0 Å². The molecule has 12 atom stereocenters. The summed E-state index contributed by atoms with van der Waals surface area (Å²) in [4.78, 5) is 13.3. The van der Waals surface area contributed by atoms with Gasteiger partial charge in [0.1, 0.15) is 11.9 Å². The number of ketones is 1. The van der Waals surface area contributed by atoms with Crippen molar-refractivity contribution in [2.75, 3.05) is 0 Å². The molecule has 0 radical (unpaired) electrons. The standard InChI is InChI=1S/C29H48O5/c1-7-17(15(2)3)27(34)26(33)16(4)19-8-9-20-18-12-23(30)22-13-24(31)25(32)14-29(22,6)21(18)10-11-28(19,20)5/h7,15-16,18-22,24-27,31-34H,8-14H2,1-6H3/b17-7+. The number of fused-ring (bicyclic) bond motifs is 5. The van der Waals surface area contributed by atoms with Crippen LogP contribution in [0.5, 0.6) is 0 Å². The topological polar surface area (TPSA) is 98.0 Å². The van der Waals surface area contributed by atoms with E-state index in [0.717, 1.165) is 31.3 Å². The van der Waals surface area contributed by atoms with Crippen LogP contribution < -0.4 is 0 Å². The van der Waals surface area contributed by atoms with Crippen LogP contribution in [0.2, 0.25) is 0 Å². The smallest absolute Gasteiger partial charge is 0.136 e. The van der Waals surface area contributed by atoms with Crippen LogP contribution in [0.25, 0.3) is 0 Å². The van der Waals surface area contributed by atoms with E-state index in [0.29, 0.717) is 42.9 Å². The molecule has 4 rings (SSSR count). The van der Waals surface area contributed by atoms with Gasteiger partial charge in [-0.2, -0.15) is 0 Å². The monoisotopic (exact) mass is 476 g/mol. The summed E-state index contributed by atoms with van der Waals surface area (Å²) in [7, 11) is 0. The first-order chi connectivity index (χ1) is 15.9. The average Bonchev–Trinajstić information content (AvgIpc) is 3.12. The van der Waals surface area contributed by atoms with Crippen LogP contribution in [-0.2, 0) is 4.79 Å². The van der Waals surface area contributed by atoms with Crippen molar-refractivity contribution in [3.8, 4) is 0 Å². The number of carbonyl (C=O) groups excluding carboxylic acids is 1. The number of hydrogen-bond acceptors (Lipinski definition) is 5. The number of carbonyl (C=O) groups is 1. The largest absolute Gasteiger partial charge is 0.390 e. The zero-order chi connectivity index (χ0) is 25.2. The van der Waals surface area contributed by atoms with Gasteiger partial charge in [0.05, 0.1) is 18.3 Å². The highest BCUT2D eigenvalue weighted by atomic mass is 16.3. The zero-order valence-corrected chi connectivity index (χ0v) is 22.1. The SMILES string of the molecule is C/C=C(\C(C)C)C(O)C(O)C(C)C1CCC2C3CC(=O)C4CC(O)C(O)CC4(C)C3CCC12C. The number of aliphatic hydroxyl groups excluding tert-OH is 4. The average molecular weight is 477 g/mol. The summed E-state index contributed by atoms with van der Waals surface area (Å²) < 4.78 is 0. The van der Waals surface area contributed by atoms with E-state index in [9.17, 15) is 25.2 Å². The second kappa shape index (κ2) is 9.28. The molecule has 12 unspecified atom stereocenters. The molecule has 0 aromatic carbocycles. The Morgan fingerprint density at radius 2 is 1.65 bits per heavy atom. The minimum Gasteiger partial charge on any atom is -0.390 e. The summed E-state index contributed by atoms with van der Waals surface area (Å²) in [5.41, 5.74) is 0.709. The van der Waals surface area contributed by atoms with Crippen molar-refractivity contribution in [3.63, 3.8) is 0 Å². The van der Waals surface area contributed by atoms with Gasteiger partial charge in [0.2, 0.25) is 0 Å². The summed E-state index contributed by atoms with van der Waals surface area (Å²) in [5, 5.41) is 43.0. The molecule has 0 aliphatic heterocycles. The number of aliphatic hydroxyl groups is 4. The lowest BCUT2D eigenvalue weighted by Crippen LogP contribution is -2.59. The van der Waals surface area contributed by atoms with Gasteiger partial charge in [0.15, 0.2) is 0 Å². The lowest BCUT2D eigenvalue weighted by atomic mass is 9.44. The number of Topliss-reactive ketones (excluding diaryl/α,β-unsaturated/α-hetero) is 1. The number of hydrogen-bond donors (Lipinski definition) is 4. The molecule has 34 heavy (non-hydrogen) atoms. The molecule has 5 heteroatoms. The van der Waals surface area contributed by atoms with Gasteiger partial charge in [0, 0.05) is 12.3 Å². The summed E-state index contributed by atoms with van der Waals surface area (Å²) in [6.07, 6.45) is 4.47. The predicted molar refractivity (Wildman–Crippen MR) is 133 cm³/mol. The van der Waals surface area contributed by atoms with Crippen LogP contribution in [0.1, 0.15) is 86.5 Å². The van der Waals surface area contributed by atoms with Gasteiger partial charge in [-0.15, -0.1) is 0 Å². The first kappa shape index (κ1) is 26.3. The minimum atomic E-state index is -0.843.